The summed E-state index contributed by atoms with van der Waals surface area (Å²) < 4.78 is 5.28. The van der Waals surface area contributed by atoms with Crippen LogP contribution in [0.4, 0.5) is 0 Å². The van der Waals surface area contributed by atoms with Crippen molar-refractivity contribution in [2.24, 2.45) is 5.92 Å². The fraction of sp³-hybridized carbons (Fsp3) is 0.905. The molecule has 0 heterocycles. The van der Waals surface area contributed by atoms with Crippen molar-refractivity contribution in [3.63, 3.8) is 0 Å². The van der Waals surface area contributed by atoms with E-state index in [2.05, 4.69) is 12.2 Å². The molecule has 0 saturated carbocycles. The Bertz CT molecular complexity index is 355. The molecule has 0 rings (SSSR count). The van der Waals surface area contributed by atoms with E-state index in [-0.39, 0.29) is 23.9 Å². The molecule has 0 unspecified atom stereocenters. The van der Waals surface area contributed by atoms with Gasteiger partial charge < -0.3 is 10.1 Å². The molecule has 0 fully saturated rings. The van der Waals surface area contributed by atoms with E-state index in [1.54, 1.807) is 0 Å². The largest absolute Gasteiger partial charge is 0.461 e. The van der Waals surface area contributed by atoms with Gasteiger partial charge in [-0.1, -0.05) is 78.6 Å². The summed E-state index contributed by atoms with van der Waals surface area (Å²) in [5.74, 6) is -0.267. The highest BCUT2D eigenvalue weighted by Crippen LogP contribution is 2.13. The summed E-state index contributed by atoms with van der Waals surface area (Å²) in [7, 11) is 0. The quantitative estimate of drug-likeness (QED) is 0.316. The Morgan fingerprint density at radius 3 is 1.84 bits per heavy atom. The smallest absolute Gasteiger partial charge is 0.329 e. The van der Waals surface area contributed by atoms with Crippen molar-refractivity contribution < 1.29 is 14.3 Å². The maximum Gasteiger partial charge on any atom is 0.329 e. The van der Waals surface area contributed by atoms with Crippen molar-refractivity contribution in [3.05, 3.63) is 0 Å². The third-order valence-electron chi connectivity index (χ3n) is 4.64. The molecule has 0 aromatic rings. The lowest BCUT2D eigenvalue weighted by Crippen LogP contribution is -2.46. The average molecular weight is 356 g/mol. The van der Waals surface area contributed by atoms with E-state index in [0.717, 1.165) is 19.3 Å². The van der Waals surface area contributed by atoms with E-state index >= 15 is 0 Å². The predicted octanol–water partition coefficient (Wildman–Crippen LogP) is 5.39. The lowest BCUT2D eigenvalue weighted by Gasteiger charge is -2.23. The van der Waals surface area contributed by atoms with E-state index in [1.807, 2.05) is 27.7 Å². The number of hydrogen-bond acceptors (Lipinski definition) is 3. The van der Waals surface area contributed by atoms with Gasteiger partial charge in [-0.3, -0.25) is 4.79 Å². The summed E-state index contributed by atoms with van der Waals surface area (Å²) in [5, 5.41) is 2.88. The van der Waals surface area contributed by atoms with E-state index in [4.69, 9.17) is 4.74 Å². The van der Waals surface area contributed by atoms with E-state index < -0.39 is 6.04 Å². The molecule has 1 N–H and O–H groups in total. The highest BCUT2D eigenvalue weighted by Gasteiger charge is 2.27. The molecule has 0 radical (unpaired) electrons. The third-order valence-corrected chi connectivity index (χ3v) is 4.64. The number of hydrogen-bond donors (Lipinski definition) is 1. The van der Waals surface area contributed by atoms with Gasteiger partial charge in [-0.05, 0) is 26.2 Å². The number of rotatable bonds is 15. The molecule has 0 bridgehead atoms. The molecule has 0 aliphatic rings. The fourth-order valence-electron chi connectivity index (χ4n) is 2.82. The minimum absolute atomic E-state index is 0.0334. The lowest BCUT2D eigenvalue weighted by molar-refractivity contribution is -0.153. The highest BCUT2D eigenvalue weighted by molar-refractivity contribution is 5.84. The standard InChI is InChI=1S/C21H41NO3/c1-6-8-9-10-11-12-13-14-15-16-19(23)22-20(18(5)7-2)21(24)25-17(3)4/h17-18,20H,6-16H2,1-5H3,(H,22,23)/t18-,20-/m0/s1. The Morgan fingerprint density at radius 2 is 1.36 bits per heavy atom. The van der Waals surface area contributed by atoms with Crippen LogP contribution in [0.3, 0.4) is 0 Å². The maximum absolute atomic E-state index is 12.2. The first-order valence-electron chi connectivity index (χ1n) is 10.4. The molecule has 1 amide bonds. The van der Waals surface area contributed by atoms with E-state index in [1.165, 1.54) is 44.9 Å². The van der Waals surface area contributed by atoms with Crippen molar-refractivity contribution in [1.29, 1.82) is 0 Å². The van der Waals surface area contributed by atoms with Crippen LogP contribution in [0.15, 0.2) is 0 Å². The van der Waals surface area contributed by atoms with Crippen molar-refractivity contribution in [2.75, 3.05) is 0 Å². The van der Waals surface area contributed by atoms with Crippen molar-refractivity contribution in [1.82, 2.24) is 5.32 Å². The molecule has 2 atom stereocenters. The van der Waals surface area contributed by atoms with E-state index in [9.17, 15) is 9.59 Å². The summed E-state index contributed by atoms with van der Waals surface area (Å²) in [6.07, 6.45) is 12.2. The third kappa shape index (κ3) is 12.9. The zero-order chi connectivity index (χ0) is 19.1. The van der Waals surface area contributed by atoms with Gasteiger partial charge in [-0.15, -0.1) is 0 Å². The maximum atomic E-state index is 12.2. The second-order valence-electron chi connectivity index (χ2n) is 7.49. The zero-order valence-corrected chi connectivity index (χ0v) is 17.2. The van der Waals surface area contributed by atoms with Crippen LogP contribution in [0, 0.1) is 5.92 Å². The van der Waals surface area contributed by atoms with Crippen LogP contribution in [-0.2, 0) is 14.3 Å². The van der Waals surface area contributed by atoms with Gasteiger partial charge in [0.2, 0.25) is 5.91 Å². The first kappa shape index (κ1) is 23.9. The lowest BCUT2D eigenvalue weighted by atomic mass is 9.98. The molecule has 0 aliphatic carbocycles. The number of carbonyl (C=O) groups is 2. The SMILES string of the molecule is CCCCCCCCCCCC(=O)N[C@H](C(=O)OC(C)C)[C@@H](C)CC. The molecule has 0 saturated heterocycles. The Balaban J connectivity index is 3.97. The van der Waals surface area contributed by atoms with Gasteiger partial charge in [-0.2, -0.15) is 0 Å². The summed E-state index contributed by atoms with van der Waals surface area (Å²) in [6.45, 7) is 9.89. The topological polar surface area (TPSA) is 55.4 Å². The van der Waals surface area contributed by atoms with Crippen LogP contribution in [0.25, 0.3) is 0 Å². The van der Waals surface area contributed by atoms with Crippen LogP contribution in [0.5, 0.6) is 0 Å². The summed E-state index contributed by atoms with van der Waals surface area (Å²) in [6, 6.07) is -0.529. The summed E-state index contributed by atoms with van der Waals surface area (Å²) in [5.41, 5.74) is 0. The minimum Gasteiger partial charge on any atom is -0.461 e. The number of amides is 1. The second kappa shape index (κ2) is 15.2. The van der Waals surface area contributed by atoms with Crippen molar-refractivity contribution in [3.8, 4) is 0 Å². The number of esters is 1. The molecule has 4 heteroatoms. The number of nitrogens with one attached hydrogen (secondary N) is 1. The van der Waals surface area contributed by atoms with Crippen LogP contribution >= 0.6 is 0 Å². The number of ether oxygens (including phenoxy) is 1. The summed E-state index contributed by atoms with van der Waals surface area (Å²) >= 11 is 0. The van der Waals surface area contributed by atoms with Gasteiger partial charge in [0.15, 0.2) is 0 Å². The second-order valence-corrected chi connectivity index (χ2v) is 7.49. The Labute approximate surface area is 155 Å². The minimum atomic E-state index is -0.529. The first-order valence-corrected chi connectivity index (χ1v) is 10.4. The van der Waals surface area contributed by atoms with Crippen LogP contribution < -0.4 is 5.32 Å². The Hall–Kier alpha value is -1.06. The number of unbranched alkanes of at least 4 members (excludes halogenated alkanes) is 8. The molecule has 148 valence electrons. The van der Waals surface area contributed by atoms with Crippen molar-refractivity contribution >= 4 is 11.9 Å². The molecule has 0 aliphatic heterocycles. The average Bonchev–Trinajstić information content (AvgIpc) is 2.56. The predicted molar refractivity (Wildman–Crippen MR) is 104 cm³/mol. The number of carbonyl (C=O) groups excluding carboxylic acids is 2. The first-order chi connectivity index (χ1) is 11.9. The molecule has 0 aromatic heterocycles. The molecule has 25 heavy (non-hydrogen) atoms. The zero-order valence-electron chi connectivity index (χ0n) is 17.2. The molecular weight excluding hydrogens is 314 g/mol. The van der Waals surface area contributed by atoms with E-state index in [0.29, 0.717) is 6.42 Å². The molecule has 0 spiro atoms. The highest BCUT2D eigenvalue weighted by atomic mass is 16.5. The van der Waals surface area contributed by atoms with Gasteiger partial charge >= 0.3 is 5.97 Å². The molecule has 4 nitrogen and oxygen atoms in total. The Morgan fingerprint density at radius 1 is 0.840 bits per heavy atom. The van der Waals surface area contributed by atoms with Gasteiger partial charge in [0.25, 0.3) is 0 Å². The fourth-order valence-corrected chi connectivity index (χ4v) is 2.82. The summed E-state index contributed by atoms with van der Waals surface area (Å²) in [4.78, 5) is 24.3. The van der Waals surface area contributed by atoms with Crippen LogP contribution in [0.1, 0.15) is 105 Å². The van der Waals surface area contributed by atoms with Gasteiger partial charge in [0.1, 0.15) is 6.04 Å². The van der Waals surface area contributed by atoms with Crippen LogP contribution in [-0.4, -0.2) is 24.0 Å². The van der Waals surface area contributed by atoms with Gasteiger partial charge in [0.05, 0.1) is 6.10 Å². The molecule has 0 aromatic carbocycles. The van der Waals surface area contributed by atoms with Gasteiger partial charge in [-0.25, -0.2) is 4.79 Å². The van der Waals surface area contributed by atoms with Crippen molar-refractivity contribution in [2.45, 2.75) is 117 Å². The Kier molecular flexibility index (Phi) is 14.6. The molecular formula is C21H41NO3. The monoisotopic (exact) mass is 355 g/mol. The van der Waals surface area contributed by atoms with Gasteiger partial charge in [0, 0.05) is 6.42 Å². The van der Waals surface area contributed by atoms with Crippen LogP contribution in [0.2, 0.25) is 0 Å². The normalized spacial score (nSPS) is 13.5.